The van der Waals surface area contributed by atoms with E-state index in [4.69, 9.17) is 0 Å². The van der Waals surface area contributed by atoms with Crippen LogP contribution in [-0.2, 0) is 22.3 Å². The van der Waals surface area contributed by atoms with Crippen molar-refractivity contribution in [1.82, 2.24) is 14.8 Å². The molecule has 0 radical (unpaired) electrons. The highest BCUT2D eigenvalue weighted by molar-refractivity contribution is 5.95. The lowest BCUT2D eigenvalue weighted by Gasteiger charge is -2.42. The number of nitrogens with zero attached hydrogens (tertiary/aromatic N) is 3. The molecule has 0 saturated carbocycles. The quantitative estimate of drug-likeness (QED) is 0.779. The Labute approximate surface area is 167 Å². The molecule has 0 aliphatic carbocycles. The molecule has 0 spiro atoms. The highest BCUT2D eigenvalue weighted by Crippen LogP contribution is 2.31. The molecule has 8 heteroatoms. The normalized spacial score (nSPS) is 18.0. The number of carbonyl (C=O) groups is 2. The molecule has 2 amide bonds. The Hall–Kier alpha value is -2.90. The highest BCUT2D eigenvalue weighted by Gasteiger charge is 2.41. The van der Waals surface area contributed by atoms with E-state index in [0.717, 1.165) is 17.8 Å². The van der Waals surface area contributed by atoms with Gasteiger partial charge in [0.2, 0.25) is 5.91 Å². The van der Waals surface area contributed by atoms with Gasteiger partial charge in [-0.05, 0) is 38.5 Å². The maximum atomic E-state index is 13.1. The summed E-state index contributed by atoms with van der Waals surface area (Å²) in [5.74, 6) is -0.485. The Kier molecular flexibility index (Phi) is 5.64. The molecule has 1 aromatic carbocycles. The van der Waals surface area contributed by atoms with Gasteiger partial charge in [-0.15, -0.1) is 0 Å². The van der Waals surface area contributed by atoms with Gasteiger partial charge < -0.3 is 9.80 Å². The van der Waals surface area contributed by atoms with Gasteiger partial charge in [0, 0.05) is 12.2 Å². The average Bonchev–Trinajstić information content (AvgIpc) is 2.65. The summed E-state index contributed by atoms with van der Waals surface area (Å²) in [6.45, 7) is 5.48. The zero-order valence-electron chi connectivity index (χ0n) is 16.4. The zero-order valence-corrected chi connectivity index (χ0v) is 16.4. The van der Waals surface area contributed by atoms with Crippen LogP contribution in [0.25, 0.3) is 0 Å². The van der Waals surface area contributed by atoms with E-state index >= 15 is 0 Å². The smallest absolute Gasteiger partial charge is 0.329 e. The summed E-state index contributed by atoms with van der Waals surface area (Å²) in [4.78, 5) is 32.8. The van der Waals surface area contributed by atoms with Crippen molar-refractivity contribution in [1.29, 1.82) is 0 Å². The van der Waals surface area contributed by atoms with E-state index in [9.17, 15) is 22.8 Å². The number of amides is 2. The Bertz CT molecular complexity index is 893. The molecule has 1 aliphatic rings. The van der Waals surface area contributed by atoms with E-state index < -0.39 is 17.8 Å². The molecule has 1 atom stereocenters. The first-order chi connectivity index (χ1) is 13.6. The number of rotatable bonds is 4. The van der Waals surface area contributed by atoms with Crippen LogP contribution in [0.15, 0.2) is 42.6 Å². The molecule has 1 aliphatic heterocycles. The monoisotopic (exact) mass is 405 g/mol. The summed E-state index contributed by atoms with van der Waals surface area (Å²) in [5, 5.41) is 0. The van der Waals surface area contributed by atoms with Crippen LogP contribution in [0.4, 0.5) is 13.2 Å². The molecule has 3 rings (SSSR count). The number of halogens is 3. The minimum atomic E-state index is -4.48. The first kappa shape index (κ1) is 20.8. The number of aryl methyl sites for hydroxylation is 1. The third-order valence-corrected chi connectivity index (χ3v) is 4.96. The summed E-state index contributed by atoms with van der Waals surface area (Å²) in [7, 11) is 0. The molecule has 154 valence electrons. The molecule has 2 heterocycles. The van der Waals surface area contributed by atoms with Crippen molar-refractivity contribution in [3.63, 3.8) is 0 Å². The fraction of sp³-hybridized carbons (Fsp3) is 0.381. The second-order valence-electron chi connectivity index (χ2n) is 7.43. The fourth-order valence-corrected chi connectivity index (χ4v) is 3.30. The number of alkyl halides is 3. The van der Waals surface area contributed by atoms with Gasteiger partial charge in [-0.25, -0.2) is 0 Å². The van der Waals surface area contributed by atoms with Crippen LogP contribution < -0.4 is 0 Å². The first-order valence-electron chi connectivity index (χ1n) is 9.26. The molecule has 1 fully saturated rings. The second-order valence-corrected chi connectivity index (χ2v) is 7.43. The molecule has 1 unspecified atom stereocenters. The Morgan fingerprint density at radius 1 is 1.10 bits per heavy atom. The van der Waals surface area contributed by atoms with Gasteiger partial charge in [-0.1, -0.05) is 29.8 Å². The van der Waals surface area contributed by atoms with Crippen molar-refractivity contribution in [3.8, 4) is 0 Å². The van der Waals surface area contributed by atoms with E-state index in [1.807, 2.05) is 32.9 Å². The minimum Gasteiger partial charge on any atom is -0.329 e. The fourth-order valence-electron chi connectivity index (χ4n) is 3.30. The first-order valence-corrected chi connectivity index (χ1v) is 9.26. The average molecular weight is 405 g/mol. The van der Waals surface area contributed by atoms with Gasteiger partial charge in [0.1, 0.15) is 12.6 Å². The Morgan fingerprint density at radius 3 is 2.28 bits per heavy atom. The summed E-state index contributed by atoms with van der Waals surface area (Å²) in [6.07, 6.45) is -3.74. The van der Waals surface area contributed by atoms with Crippen LogP contribution >= 0.6 is 0 Å². The van der Waals surface area contributed by atoms with E-state index in [1.165, 1.54) is 15.9 Å². The number of hydrogen-bond acceptors (Lipinski definition) is 3. The zero-order chi connectivity index (χ0) is 21.3. The van der Waals surface area contributed by atoms with E-state index in [1.54, 1.807) is 12.1 Å². The van der Waals surface area contributed by atoms with Crippen molar-refractivity contribution in [2.45, 2.75) is 45.6 Å². The van der Waals surface area contributed by atoms with Crippen molar-refractivity contribution in [2.75, 3.05) is 6.54 Å². The second kappa shape index (κ2) is 7.85. The summed E-state index contributed by atoms with van der Waals surface area (Å²) in [5.41, 5.74) is 1.10. The van der Waals surface area contributed by atoms with Crippen LogP contribution in [0.3, 0.4) is 0 Å². The third kappa shape index (κ3) is 4.41. The molecule has 0 N–H and O–H groups in total. The van der Waals surface area contributed by atoms with Gasteiger partial charge in [0.15, 0.2) is 0 Å². The number of pyridine rings is 1. The van der Waals surface area contributed by atoms with Crippen molar-refractivity contribution in [3.05, 3.63) is 65.0 Å². The predicted molar refractivity (Wildman–Crippen MR) is 101 cm³/mol. The molecular formula is C21H22F3N3O2. The van der Waals surface area contributed by atoms with E-state index in [-0.39, 0.29) is 36.6 Å². The largest absolute Gasteiger partial charge is 0.417 e. The van der Waals surface area contributed by atoms with Crippen molar-refractivity contribution in [2.24, 2.45) is 0 Å². The van der Waals surface area contributed by atoms with Gasteiger partial charge in [-0.2, -0.15) is 13.2 Å². The molecule has 1 aromatic heterocycles. The molecule has 5 nitrogen and oxygen atoms in total. The maximum absolute atomic E-state index is 13.1. The number of carbonyl (C=O) groups excluding carboxylic acids is 2. The summed E-state index contributed by atoms with van der Waals surface area (Å²) >= 11 is 0. The minimum absolute atomic E-state index is 0.0484. The predicted octanol–water partition coefficient (Wildman–Crippen LogP) is 3.73. The van der Waals surface area contributed by atoms with Gasteiger partial charge in [0.05, 0.1) is 17.8 Å². The Balaban J connectivity index is 1.94. The number of aromatic nitrogens is 1. The number of hydrogen-bond donors (Lipinski definition) is 0. The topological polar surface area (TPSA) is 53.5 Å². The molecular weight excluding hydrogens is 383 g/mol. The summed E-state index contributed by atoms with van der Waals surface area (Å²) in [6, 6.07) is 8.48. The molecule has 0 bridgehead atoms. The number of benzene rings is 1. The maximum Gasteiger partial charge on any atom is 0.417 e. The molecule has 29 heavy (non-hydrogen) atoms. The molecule has 2 aromatic rings. The van der Waals surface area contributed by atoms with Gasteiger partial charge in [0.25, 0.3) is 5.91 Å². The summed E-state index contributed by atoms with van der Waals surface area (Å²) < 4.78 is 38.3. The van der Waals surface area contributed by atoms with Crippen LogP contribution in [0.5, 0.6) is 0 Å². The Morgan fingerprint density at radius 2 is 1.76 bits per heavy atom. The van der Waals surface area contributed by atoms with E-state index in [0.29, 0.717) is 5.56 Å². The lowest BCUT2D eigenvalue weighted by Crippen LogP contribution is -2.57. The third-order valence-electron chi connectivity index (χ3n) is 4.96. The van der Waals surface area contributed by atoms with Crippen molar-refractivity contribution >= 4 is 11.8 Å². The van der Waals surface area contributed by atoms with Gasteiger partial charge in [-0.3, -0.25) is 14.6 Å². The molecule has 1 saturated heterocycles. The van der Waals surface area contributed by atoms with Crippen LogP contribution in [0.1, 0.15) is 42.3 Å². The van der Waals surface area contributed by atoms with Crippen molar-refractivity contribution < 1.29 is 22.8 Å². The lowest BCUT2D eigenvalue weighted by molar-refractivity contribution is -0.158. The van der Waals surface area contributed by atoms with Crippen LogP contribution in [-0.4, -0.2) is 39.2 Å². The van der Waals surface area contributed by atoms with Crippen LogP contribution in [0.2, 0.25) is 0 Å². The van der Waals surface area contributed by atoms with Crippen LogP contribution in [0, 0.1) is 6.92 Å². The number of piperazine rings is 1. The lowest BCUT2D eigenvalue weighted by atomic mass is 9.98. The highest BCUT2D eigenvalue weighted by atomic mass is 19.4. The standard InChI is InChI=1S/C21H22F3N3O2/c1-13(2)26-12-18(28)27(11-17-9-8-16(10-25-17)21(22,23)24)19(20(26)29)15-6-4-14(3)5-7-15/h4-10,13,19H,11-12H2,1-3H3. The van der Waals surface area contributed by atoms with Gasteiger partial charge >= 0.3 is 6.18 Å². The van der Waals surface area contributed by atoms with E-state index in [2.05, 4.69) is 4.98 Å². The SMILES string of the molecule is Cc1ccc(C2C(=O)N(C(C)C)CC(=O)N2Cc2ccc(C(F)(F)F)cn2)cc1.